The molecule has 17 heavy (non-hydrogen) atoms. The molecular formula is C10H12B2FeO4. The van der Waals surface area contributed by atoms with E-state index in [4.69, 9.17) is 20.1 Å². The summed E-state index contributed by atoms with van der Waals surface area (Å²) in [6.07, 6.45) is 0. The van der Waals surface area contributed by atoms with Crippen LogP contribution < -0.4 is 10.9 Å². The van der Waals surface area contributed by atoms with Crippen molar-refractivity contribution in [3.8, 4) is 0 Å². The quantitative estimate of drug-likeness (QED) is 0.383. The average molecular weight is 274 g/mol. The van der Waals surface area contributed by atoms with E-state index in [0.717, 1.165) is 0 Å². The van der Waals surface area contributed by atoms with Crippen molar-refractivity contribution < 1.29 is 37.2 Å². The monoisotopic (exact) mass is 274 g/mol. The van der Waals surface area contributed by atoms with Gasteiger partial charge in [-0.2, -0.15) is 24.3 Å². The van der Waals surface area contributed by atoms with Crippen molar-refractivity contribution in [2.24, 2.45) is 0 Å². The van der Waals surface area contributed by atoms with Crippen LogP contribution in [0.3, 0.4) is 0 Å². The summed E-state index contributed by atoms with van der Waals surface area (Å²) in [5.74, 6) is 0. The Morgan fingerprint density at radius 1 is 1.00 bits per heavy atom. The van der Waals surface area contributed by atoms with Crippen LogP contribution in [0.15, 0.2) is 48.5 Å². The molecule has 0 unspecified atom stereocenters. The molecule has 2 rings (SSSR count). The van der Waals surface area contributed by atoms with Gasteiger partial charge in [0.15, 0.2) is 0 Å². The van der Waals surface area contributed by atoms with Crippen LogP contribution in [0.25, 0.3) is 0 Å². The second-order valence-corrected chi connectivity index (χ2v) is 3.15. The molecule has 0 atom stereocenters. The molecular weight excluding hydrogens is 262 g/mol. The Kier molecular flexibility index (Phi) is 7.91. The predicted octanol–water partition coefficient (Wildman–Crippen LogP) is -1.83. The average Bonchev–Trinajstić information content (AvgIpc) is 2.92. The van der Waals surface area contributed by atoms with Crippen molar-refractivity contribution in [1.82, 2.24) is 0 Å². The van der Waals surface area contributed by atoms with E-state index < -0.39 is 14.2 Å². The molecule has 0 saturated carbocycles. The van der Waals surface area contributed by atoms with Crippen molar-refractivity contribution >= 4 is 25.2 Å². The van der Waals surface area contributed by atoms with E-state index in [0.29, 0.717) is 0 Å². The summed E-state index contributed by atoms with van der Waals surface area (Å²) < 4.78 is 0. The third-order valence-electron chi connectivity index (χ3n) is 2.00. The van der Waals surface area contributed by atoms with Crippen molar-refractivity contribution in [2.75, 3.05) is 0 Å². The maximum Gasteiger partial charge on any atom is 2.00 e. The van der Waals surface area contributed by atoms with Crippen molar-refractivity contribution in [2.45, 2.75) is 0 Å². The Labute approximate surface area is 111 Å². The smallest absolute Gasteiger partial charge is 0.434 e. The first-order chi connectivity index (χ1) is 7.63. The van der Waals surface area contributed by atoms with E-state index >= 15 is 0 Å². The van der Waals surface area contributed by atoms with Crippen LogP contribution in [-0.2, 0) is 17.1 Å². The van der Waals surface area contributed by atoms with Gasteiger partial charge in [0.05, 0.1) is 0 Å². The largest absolute Gasteiger partial charge is 2.00 e. The molecule has 0 bridgehead atoms. The zero-order valence-corrected chi connectivity index (χ0v) is 10.0. The molecule has 90 valence electrons. The molecule has 2 aromatic carbocycles. The second-order valence-electron chi connectivity index (χ2n) is 3.15. The molecule has 0 fully saturated rings. The van der Waals surface area contributed by atoms with Crippen LogP contribution in [-0.4, -0.2) is 34.3 Å². The molecule has 0 aliphatic carbocycles. The summed E-state index contributed by atoms with van der Waals surface area (Å²) in [6.45, 7) is 0. The molecule has 0 amide bonds. The van der Waals surface area contributed by atoms with Gasteiger partial charge in [0, 0.05) is 0 Å². The fourth-order valence-electron chi connectivity index (χ4n) is 1.24. The van der Waals surface area contributed by atoms with E-state index in [9.17, 15) is 0 Å². The van der Waals surface area contributed by atoms with E-state index in [1.54, 1.807) is 0 Å². The molecule has 2 aromatic rings. The fourth-order valence-corrected chi connectivity index (χ4v) is 1.24. The van der Waals surface area contributed by atoms with E-state index in [2.05, 4.69) is 0 Å². The van der Waals surface area contributed by atoms with Gasteiger partial charge in [-0.1, -0.05) is 0 Å². The summed E-state index contributed by atoms with van der Waals surface area (Å²) in [6, 6.07) is 14.3. The van der Waals surface area contributed by atoms with E-state index in [1.165, 1.54) is 18.2 Å². The topological polar surface area (TPSA) is 80.9 Å². The van der Waals surface area contributed by atoms with Gasteiger partial charge in [0.1, 0.15) is 0 Å². The van der Waals surface area contributed by atoms with Crippen LogP contribution >= 0.6 is 0 Å². The first-order valence-electron chi connectivity index (χ1n) is 4.77. The molecule has 0 spiro atoms. The molecule has 0 aliphatic heterocycles. The minimum absolute atomic E-state index is 0. The number of hydrogen-bond acceptors (Lipinski definition) is 4. The van der Waals surface area contributed by atoms with Crippen LogP contribution in [0.2, 0.25) is 0 Å². The molecule has 0 radical (unpaired) electrons. The van der Waals surface area contributed by atoms with Gasteiger partial charge >= 0.3 is 31.3 Å². The molecule has 4 nitrogen and oxygen atoms in total. The van der Waals surface area contributed by atoms with Gasteiger partial charge in [-0.15, -0.1) is 10.9 Å². The number of rotatable bonds is 2. The zero-order chi connectivity index (χ0) is 12.0. The Morgan fingerprint density at radius 2 is 1.59 bits per heavy atom. The van der Waals surface area contributed by atoms with Gasteiger partial charge < -0.3 is 20.1 Å². The molecule has 7 heteroatoms. The Bertz CT molecular complexity index is 347. The van der Waals surface area contributed by atoms with Crippen molar-refractivity contribution in [3.63, 3.8) is 0 Å². The van der Waals surface area contributed by atoms with Crippen LogP contribution in [0.1, 0.15) is 0 Å². The second kappa shape index (κ2) is 8.31. The van der Waals surface area contributed by atoms with Crippen molar-refractivity contribution in [3.05, 3.63) is 48.5 Å². The molecule has 0 aliphatic rings. The van der Waals surface area contributed by atoms with Crippen LogP contribution in [0.4, 0.5) is 0 Å². The molecule has 4 N–H and O–H groups in total. The Balaban J connectivity index is 0.000000360. The zero-order valence-electron chi connectivity index (χ0n) is 8.92. The van der Waals surface area contributed by atoms with E-state index in [-0.39, 0.29) is 28.0 Å². The standard InChI is InChI=1S/C5H7B2O4.C5H5.Fe/c8-6(9)4-2-1-3-5(4)7(10)11;1-2-4-5-3-1;/h1-3,8-11H;1-5H;/q2*-1;+2. The molecule has 0 saturated heterocycles. The van der Waals surface area contributed by atoms with Gasteiger partial charge in [0.25, 0.3) is 0 Å². The maximum absolute atomic E-state index is 8.68. The van der Waals surface area contributed by atoms with Crippen molar-refractivity contribution in [1.29, 1.82) is 0 Å². The Hall–Kier alpha value is -0.811. The number of hydrogen-bond donors (Lipinski definition) is 4. The first kappa shape index (κ1) is 16.2. The SMILES string of the molecule is OB(O)c1ccc[c-]1B(O)O.[Fe+2].c1cc[cH-]c1. The van der Waals surface area contributed by atoms with Crippen LogP contribution in [0, 0.1) is 0 Å². The maximum atomic E-state index is 8.68. The van der Waals surface area contributed by atoms with Gasteiger partial charge in [0.2, 0.25) is 0 Å². The summed E-state index contributed by atoms with van der Waals surface area (Å²) in [5, 5.41) is 34.7. The fraction of sp³-hybridized carbons (Fsp3) is 0. The third kappa shape index (κ3) is 5.37. The van der Waals surface area contributed by atoms with Crippen LogP contribution in [0.5, 0.6) is 0 Å². The van der Waals surface area contributed by atoms with Gasteiger partial charge in [-0.25, -0.2) is 24.3 Å². The molecule has 0 aromatic heterocycles. The minimum atomic E-state index is -1.65. The van der Waals surface area contributed by atoms with E-state index in [1.807, 2.05) is 30.3 Å². The Morgan fingerprint density at radius 3 is 1.88 bits per heavy atom. The first-order valence-corrected chi connectivity index (χ1v) is 4.77. The third-order valence-corrected chi connectivity index (χ3v) is 2.00. The summed E-state index contributed by atoms with van der Waals surface area (Å²) in [4.78, 5) is 0. The van der Waals surface area contributed by atoms with Gasteiger partial charge in [-0.05, 0) is 0 Å². The predicted molar refractivity (Wildman–Crippen MR) is 63.7 cm³/mol. The summed E-state index contributed by atoms with van der Waals surface area (Å²) >= 11 is 0. The molecule has 0 heterocycles. The summed E-state index contributed by atoms with van der Waals surface area (Å²) in [7, 11) is -3.30. The van der Waals surface area contributed by atoms with Gasteiger partial charge in [-0.3, -0.25) is 0 Å². The minimum Gasteiger partial charge on any atom is -0.434 e. The normalized spacial score (nSPS) is 8.71. The summed E-state index contributed by atoms with van der Waals surface area (Å²) in [5.41, 5.74) is 0.250.